The molecule has 1 amide bonds. The van der Waals surface area contributed by atoms with Gasteiger partial charge in [0.15, 0.2) is 0 Å². The summed E-state index contributed by atoms with van der Waals surface area (Å²) >= 11 is 0. The summed E-state index contributed by atoms with van der Waals surface area (Å²) in [7, 11) is 3.99. The van der Waals surface area contributed by atoms with E-state index in [-0.39, 0.29) is 36.4 Å². The van der Waals surface area contributed by atoms with E-state index in [1.165, 1.54) is 4.57 Å². The van der Waals surface area contributed by atoms with Crippen LogP contribution in [-0.4, -0.2) is 64.6 Å². The van der Waals surface area contributed by atoms with Gasteiger partial charge in [-0.1, -0.05) is 18.2 Å². The van der Waals surface area contributed by atoms with Gasteiger partial charge in [0.1, 0.15) is 6.54 Å². The van der Waals surface area contributed by atoms with Crippen LogP contribution in [0.1, 0.15) is 24.8 Å². The summed E-state index contributed by atoms with van der Waals surface area (Å²) < 4.78 is 1.54. The van der Waals surface area contributed by atoms with Crippen molar-refractivity contribution < 1.29 is 14.7 Å². The van der Waals surface area contributed by atoms with Crippen molar-refractivity contribution in [1.82, 2.24) is 14.4 Å². The van der Waals surface area contributed by atoms with E-state index in [9.17, 15) is 14.4 Å². The molecule has 1 aliphatic heterocycles. The van der Waals surface area contributed by atoms with Crippen molar-refractivity contribution in [3.63, 3.8) is 0 Å². The number of rotatable bonds is 6. The first-order valence-corrected chi connectivity index (χ1v) is 10.0. The van der Waals surface area contributed by atoms with Gasteiger partial charge in [-0.3, -0.25) is 19.0 Å². The van der Waals surface area contributed by atoms with Gasteiger partial charge in [0.2, 0.25) is 5.91 Å². The quantitative estimate of drug-likeness (QED) is 0.803. The fraction of sp³-hybridized carbons (Fsp3) is 0.500. The minimum atomic E-state index is -0.816. The van der Waals surface area contributed by atoms with Gasteiger partial charge < -0.3 is 14.9 Å². The summed E-state index contributed by atoms with van der Waals surface area (Å²) in [6.07, 6.45) is 1.43. The smallest absolute Gasteiger partial charge is 0.303 e. The molecular weight excluding hydrogens is 370 g/mol. The number of nitrogens with zero attached hydrogens (tertiary/aromatic N) is 3. The zero-order valence-electron chi connectivity index (χ0n) is 17.3. The molecule has 2 aromatic rings. The van der Waals surface area contributed by atoms with Crippen LogP contribution in [0.3, 0.4) is 0 Å². The second-order valence-corrected chi connectivity index (χ2v) is 8.12. The standard InChI is InChI=1S/C22H29N3O4/c1-15-12-20(26)25(19-7-5-4-6-17(15)19)14-21(27)24-11-10-18(23(2)3)16(13-24)8-9-22(28)29/h4-7,12,16,18H,8-11,13-14H2,1-3H3,(H,28,29)/t16-,18+/m0/s1. The average Bonchev–Trinajstić information content (AvgIpc) is 2.69. The second kappa shape index (κ2) is 8.78. The third kappa shape index (κ3) is 4.67. The molecule has 29 heavy (non-hydrogen) atoms. The van der Waals surface area contributed by atoms with Crippen LogP contribution in [-0.2, 0) is 16.1 Å². The summed E-state index contributed by atoms with van der Waals surface area (Å²) in [5.74, 6) is -0.812. The Hall–Kier alpha value is -2.67. The Morgan fingerprint density at radius 1 is 1.24 bits per heavy atom. The lowest BCUT2D eigenvalue weighted by molar-refractivity contribution is -0.137. The number of carboxylic acids is 1. The maximum Gasteiger partial charge on any atom is 0.303 e. The number of carbonyl (C=O) groups excluding carboxylic acids is 1. The zero-order valence-corrected chi connectivity index (χ0v) is 17.3. The van der Waals surface area contributed by atoms with Gasteiger partial charge in [0.05, 0.1) is 5.52 Å². The number of likely N-dealkylation sites (tertiary alicyclic amines) is 1. The molecule has 0 radical (unpaired) electrons. The number of benzene rings is 1. The fourth-order valence-corrected chi connectivity index (χ4v) is 4.42. The molecule has 156 valence electrons. The van der Waals surface area contributed by atoms with Crippen molar-refractivity contribution in [2.45, 2.75) is 38.8 Å². The highest BCUT2D eigenvalue weighted by Gasteiger charge is 2.33. The van der Waals surface area contributed by atoms with Gasteiger partial charge in [-0.2, -0.15) is 0 Å². The molecule has 0 spiro atoms. The Balaban J connectivity index is 1.80. The first-order chi connectivity index (χ1) is 13.8. The Bertz CT molecular complexity index is 966. The lowest BCUT2D eigenvalue weighted by Gasteiger charge is -2.41. The van der Waals surface area contributed by atoms with Crippen LogP contribution in [0.4, 0.5) is 0 Å². The third-order valence-electron chi connectivity index (χ3n) is 5.96. The lowest BCUT2D eigenvalue weighted by atomic mass is 9.87. The average molecular weight is 399 g/mol. The van der Waals surface area contributed by atoms with Gasteiger partial charge in [-0.25, -0.2) is 0 Å². The predicted octanol–water partition coefficient (Wildman–Crippen LogP) is 1.95. The van der Waals surface area contributed by atoms with Gasteiger partial charge >= 0.3 is 5.97 Å². The highest BCUT2D eigenvalue weighted by Crippen LogP contribution is 2.25. The van der Waals surface area contributed by atoms with Gasteiger partial charge in [0, 0.05) is 37.0 Å². The van der Waals surface area contributed by atoms with Crippen molar-refractivity contribution in [2.75, 3.05) is 27.2 Å². The number of piperidine rings is 1. The normalized spacial score (nSPS) is 19.7. The minimum Gasteiger partial charge on any atom is -0.481 e. The molecule has 1 aliphatic rings. The van der Waals surface area contributed by atoms with E-state index in [1.54, 1.807) is 11.0 Å². The zero-order chi connectivity index (χ0) is 21.1. The molecule has 0 saturated carbocycles. The fourth-order valence-electron chi connectivity index (χ4n) is 4.42. The van der Waals surface area contributed by atoms with Gasteiger partial charge in [-0.05, 0) is 51.4 Å². The highest BCUT2D eigenvalue weighted by atomic mass is 16.4. The Morgan fingerprint density at radius 3 is 2.66 bits per heavy atom. The Kier molecular flexibility index (Phi) is 6.37. The number of aromatic nitrogens is 1. The molecule has 2 atom stereocenters. The number of carbonyl (C=O) groups is 2. The molecule has 2 heterocycles. The lowest BCUT2D eigenvalue weighted by Crippen LogP contribution is -2.51. The molecule has 0 bridgehead atoms. The van der Waals surface area contributed by atoms with E-state index in [1.807, 2.05) is 45.3 Å². The van der Waals surface area contributed by atoms with E-state index in [0.29, 0.717) is 19.5 Å². The largest absolute Gasteiger partial charge is 0.481 e. The van der Waals surface area contributed by atoms with E-state index in [4.69, 9.17) is 5.11 Å². The van der Waals surface area contributed by atoms with Crippen molar-refractivity contribution in [2.24, 2.45) is 5.92 Å². The summed E-state index contributed by atoms with van der Waals surface area (Å²) in [6, 6.07) is 9.43. The van der Waals surface area contributed by atoms with Crippen molar-refractivity contribution in [3.8, 4) is 0 Å². The number of carboxylic acid groups (broad SMARTS) is 1. The molecule has 1 N–H and O–H groups in total. The van der Waals surface area contributed by atoms with Gasteiger partial charge in [0.25, 0.3) is 5.56 Å². The molecule has 3 rings (SSSR count). The van der Waals surface area contributed by atoms with Gasteiger partial charge in [-0.15, -0.1) is 0 Å². The molecule has 1 fully saturated rings. The van der Waals surface area contributed by atoms with Crippen LogP contribution in [0.15, 0.2) is 35.1 Å². The van der Waals surface area contributed by atoms with Crippen molar-refractivity contribution in [1.29, 1.82) is 0 Å². The molecular formula is C22H29N3O4. The Labute approximate surface area is 170 Å². The van der Waals surface area contributed by atoms with Crippen LogP contribution in [0.2, 0.25) is 0 Å². The highest BCUT2D eigenvalue weighted by molar-refractivity contribution is 5.84. The Morgan fingerprint density at radius 2 is 1.97 bits per heavy atom. The number of hydrogen-bond donors (Lipinski definition) is 1. The summed E-state index contributed by atoms with van der Waals surface area (Å²) in [5.41, 5.74) is 1.48. The third-order valence-corrected chi connectivity index (χ3v) is 5.96. The van der Waals surface area contributed by atoms with E-state index >= 15 is 0 Å². The van der Waals surface area contributed by atoms with E-state index in [2.05, 4.69) is 4.90 Å². The number of amides is 1. The van der Waals surface area contributed by atoms with E-state index in [0.717, 1.165) is 22.9 Å². The van der Waals surface area contributed by atoms with Crippen LogP contribution in [0, 0.1) is 12.8 Å². The monoisotopic (exact) mass is 399 g/mol. The van der Waals surface area contributed by atoms with Crippen LogP contribution >= 0.6 is 0 Å². The summed E-state index contributed by atoms with van der Waals surface area (Å²) in [4.78, 5) is 40.6. The van der Waals surface area contributed by atoms with Crippen LogP contribution < -0.4 is 5.56 Å². The number of aryl methyl sites for hydroxylation is 1. The van der Waals surface area contributed by atoms with E-state index < -0.39 is 5.97 Å². The SMILES string of the molecule is Cc1cc(=O)n(CC(=O)N2CC[C@@H](N(C)C)[C@@H](CCC(=O)O)C2)c2ccccc12. The maximum absolute atomic E-state index is 13.0. The number of pyridine rings is 1. The first kappa shape index (κ1) is 21.0. The number of aliphatic carboxylic acids is 1. The molecule has 1 aromatic carbocycles. The molecule has 1 saturated heterocycles. The minimum absolute atomic E-state index is 0.00208. The first-order valence-electron chi connectivity index (χ1n) is 10.0. The number of para-hydroxylation sites is 1. The summed E-state index contributed by atoms with van der Waals surface area (Å²) in [5, 5.41) is 10.0. The molecule has 0 unspecified atom stereocenters. The molecule has 7 nitrogen and oxygen atoms in total. The molecule has 7 heteroatoms. The maximum atomic E-state index is 13.0. The number of hydrogen-bond acceptors (Lipinski definition) is 4. The predicted molar refractivity (Wildman–Crippen MR) is 112 cm³/mol. The van der Waals surface area contributed by atoms with Crippen molar-refractivity contribution >= 4 is 22.8 Å². The van der Waals surface area contributed by atoms with Crippen LogP contribution in [0.5, 0.6) is 0 Å². The topological polar surface area (TPSA) is 82.9 Å². The second-order valence-electron chi connectivity index (χ2n) is 8.12. The molecule has 0 aliphatic carbocycles. The molecule has 1 aromatic heterocycles. The number of fused-ring (bicyclic) bond motifs is 1. The summed E-state index contributed by atoms with van der Waals surface area (Å²) in [6.45, 7) is 3.03. The van der Waals surface area contributed by atoms with Crippen molar-refractivity contribution in [3.05, 3.63) is 46.2 Å². The van der Waals surface area contributed by atoms with Crippen LogP contribution in [0.25, 0.3) is 10.9 Å².